The highest BCUT2D eigenvalue weighted by molar-refractivity contribution is 5.84. The number of carbonyl (C=O) groups is 1. The quantitative estimate of drug-likeness (QED) is 0.815. The minimum absolute atomic E-state index is 0.0956. The number of fused-ring (bicyclic) bond motifs is 1. The first-order chi connectivity index (χ1) is 9.70. The second-order valence-electron chi connectivity index (χ2n) is 5.22. The molecular formula is C16H22N2O2. The number of benzene rings is 1. The molecule has 1 aromatic heterocycles. The van der Waals surface area contributed by atoms with Crippen LogP contribution in [0.15, 0.2) is 30.5 Å². The molecule has 1 aromatic carbocycles. The first-order valence-corrected chi connectivity index (χ1v) is 7.01. The van der Waals surface area contributed by atoms with E-state index in [0.717, 1.165) is 11.9 Å². The van der Waals surface area contributed by atoms with Gasteiger partial charge in [-0.05, 0) is 24.0 Å². The van der Waals surface area contributed by atoms with Crippen LogP contribution in [0.25, 0.3) is 10.9 Å². The lowest BCUT2D eigenvalue weighted by molar-refractivity contribution is -0.121. The van der Waals surface area contributed by atoms with Gasteiger partial charge in [-0.2, -0.15) is 0 Å². The summed E-state index contributed by atoms with van der Waals surface area (Å²) in [6.45, 7) is 3.40. The largest absolute Gasteiger partial charge is 0.384 e. The third kappa shape index (κ3) is 3.84. The van der Waals surface area contributed by atoms with Gasteiger partial charge in [0.25, 0.3) is 0 Å². The molecule has 0 fully saturated rings. The van der Waals surface area contributed by atoms with Gasteiger partial charge in [0.15, 0.2) is 0 Å². The first kappa shape index (κ1) is 14.6. The van der Waals surface area contributed by atoms with Crippen molar-refractivity contribution in [2.24, 2.45) is 5.92 Å². The fraction of sp³-hybridized carbons (Fsp3) is 0.438. The molecule has 0 saturated heterocycles. The van der Waals surface area contributed by atoms with Gasteiger partial charge in [0.2, 0.25) is 5.91 Å². The number of hydrogen-bond donors (Lipinski definition) is 2. The summed E-state index contributed by atoms with van der Waals surface area (Å²) in [6, 6.07) is 8.16. The van der Waals surface area contributed by atoms with E-state index in [4.69, 9.17) is 4.74 Å². The highest BCUT2D eigenvalue weighted by atomic mass is 16.5. The van der Waals surface area contributed by atoms with Crippen LogP contribution in [0.4, 0.5) is 0 Å². The van der Waals surface area contributed by atoms with Crippen molar-refractivity contribution in [1.82, 2.24) is 10.3 Å². The lowest BCUT2D eigenvalue weighted by Gasteiger charge is -2.11. The van der Waals surface area contributed by atoms with Crippen molar-refractivity contribution in [3.8, 4) is 0 Å². The van der Waals surface area contributed by atoms with Gasteiger partial charge in [-0.15, -0.1) is 0 Å². The summed E-state index contributed by atoms with van der Waals surface area (Å²) < 4.78 is 5.05. The Kier molecular flexibility index (Phi) is 5.18. The van der Waals surface area contributed by atoms with Crippen molar-refractivity contribution in [1.29, 1.82) is 0 Å². The van der Waals surface area contributed by atoms with Crippen molar-refractivity contribution in [2.45, 2.75) is 19.8 Å². The summed E-state index contributed by atoms with van der Waals surface area (Å²) in [7, 11) is 1.68. The summed E-state index contributed by atoms with van der Waals surface area (Å²) in [5, 5.41) is 4.15. The molecule has 108 valence electrons. The van der Waals surface area contributed by atoms with Crippen LogP contribution in [0.1, 0.15) is 18.9 Å². The number of carbonyl (C=O) groups excluding carboxylic acids is 1. The molecule has 0 aliphatic carbocycles. The molecule has 2 aromatic rings. The Balaban J connectivity index is 1.81. The van der Waals surface area contributed by atoms with Crippen LogP contribution in [0.3, 0.4) is 0 Å². The van der Waals surface area contributed by atoms with E-state index in [1.54, 1.807) is 7.11 Å². The molecule has 1 amide bonds. The Hall–Kier alpha value is -1.81. The van der Waals surface area contributed by atoms with Crippen LogP contribution in [-0.2, 0) is 16.0 Å². The van der Waals surface area contributed by atoms with E-state index in [9.17, 15) is 4.79 Å². The molecule has 2 N–H and O–H groups in total. The lowest BCUT2D eigenvalue weighted by atomic mass is 10.1. The van der Waals surface area contributed by atoms with Crippen LogP contribution < -0.4 is 5.32 Å². The zero-order valence-corrected chi connectivity index (χ0v) is 12.1. The molecule has 0 saturated carbocycles. The molecule has 0 radical (unpaired) electrons. The molecule has 4 heteroatoms. The molecular weight excluding hydrogens is 252 g/mol. The van der Waals surface area contributed by atoms with Gasteiger partial charge in [0, 0.05) is 37.2 Å². The molecule has 0 spiro atoms. The Bertz CT molecular complexity index is 562. The predicted molar refractivity (Wildman–Crippen MR) is 80.7 cm³/mol. The van der Waals surface area contributed by atoms with E-state index in [1.807, 2.05) is 24.4 Å². The number of ether oxygens (including phenoxy) is 1. The zero-order valence-electron chi connectivity index (χ0n) is 12.1. The maximum atomic E-state index is 11.8. The van der Waals surface area contributed by atoms with Gasteiger partial charge < -0.3 is 15.0 Å². The van der Waals surface area contributed by atoms with Crippen molar-refractivity contribution >= 4 is 16.8 Å². The topological polar surface area (TPSA) is 54.1 Å². The zero-order chi connectivity index (χ0) is 14.4. The third-order valence-electron chi connectivity index (χ3n) is 3.40. The van der Waals surface area contributed by atoms with Crippen molar-refractivity contribution in [2.75, 3.05) is 20.3 Å². The molecule has 20 heavy (non-hydrogen) atoms. The van der Waals surface area contributed by atoms with E-state index in [0.29, 0.717) is 25.5 Å². The number of nitrogens with one attached hydrogen (secondary N) is 2. The number of amides is 1. The van der Waals surface area contributed by atoms with Gasteiger partial charge in [-0.25, -0.2) is 0 Å². The fourth-order valence-corrected chi connectivity index (χ4v) is 2.31. The molecule has 2 rings (SSSR count). The molecule has 0 aliphatic heterocycles. The highest BCUT2D eigenvalue weighted by Crippen LogP contribution is 2.18. The van der Waals surface area contributed by atoms with Gasteiger partial charge in [-0.3, -0.25) is 4.79 Å². The number of hydrogen-bond acceptors (Lipinski definition) is 2. The Morgan fingerprint density at radius 2 is 2.20 bits per heavy atom. The third-order valence-corrected chi connectivity index (χ3v) is 3.40. The van der Waals surface area contributed by atoms with Crippen LogP contribution >= 0.6 is 0 Å². The summed E-state index contributed by atoms with van der Waals surface area (Å²) in [4.78, 5) is 15.1. The second-order valence-corrected chi connectivity index (χ2v) is 5.22. The van der Waals surface area contributed by atoms with Crippen molar-refractivity contribution in [3.05, 3.63) is 36.0 Å². The number of H-pyrrole nitrogens is 1. The maximum Gasteiger partial charge on any atom is 0.220 e. The number of aryl methyl sites for hydroxylation is 1. The highest BCUT2D eigenvalue weighted by Gasteiger charge is 2.08. The minimum Gasteiger partial charge on any atom is -0.384 e. The van der Waals surface area contributed by atoms with E-state index < -0.39 is 0 Å². The molecule has 1 heterocycles. The number of rotatable bonds is 7. The number of methoxy groups -OCH3 is 1. The van der Waals surface area contributed by atoms with Crippen molar-refractivity contribution < 1.29 is 9.53 Å². The van der Waals surface area contributed by atoms with Crippen molar-refractivity contribution in [3.63, 3.8) is 0 Å². The molecule has 4 nitrogen and oxygen atoms in total. The van der Waals surface area contributed by atoms with Gasteiger partial charge in [-0.1, -0.05) is 25.1 Å². The van der Waals surface area contributed by atoms with Crippen LogP contribution in [-0.4, -0.2) is 31.2 Å². The lowest BCUT2D eigenvalue weighted by Crippen LogP contribution is -2.29. The maximum absolute atomic E-state index is 11.8. The van der Waals surface area contributed by atoms with E-state index in [-0.39, 0.29) is 5.91 Å². The van der Waals surface area contributed by atoms with E-state index >= 15 is 0 Å². The molecule has 0 bridgehead atoms. The molecule has 0 aliphatic rings. The van der Waals surface area contributed by atoms with Gasteiger partial charge >= 0.3 is 0 Å². The normalized spacial score (nSPS) is 12.5. The van der Waals surface area contributed by atoms with Crippen LogP contribution in [0.2, 0.25) is 0 Å². The summed E-state index contributed by atoms with van der Waals surface area (Å²) in [5.74, 6) is 0.440. The average molecular weight is 274 g/mol. The fourth-order valence-electron chi connectivity index (χ4n) is 2.31. The summed E-state index contributed by atoms with van der Waals surface area (Å²) in [6.07, 6.45) is 3.27. The monoisotopic (exact) mass is 274 g/mol. The molecule has 1 atom stereocenters. The minimum atomic E-state index is 0.0956. The van der Waals surface area contributed by atoms with Crippen LogP contribution in [0, 0.1) is 5.92 Å². The van der Waals surface area contributed by atoms with Gasteiger partial charge in [0.05, 0.1) is 6.61 Å². The smallest absolute Gasteiger partial charge is 0.220 e. The number of aromatic amines is 1. The standard InChI is InChI=1S/C16H22N2O2/c1-12(11-20-2)9-18-16(19)8-7-13-10-17-15-6-4-3-5-14(13)15/h3-6,10,12,17H,7-9,11H2,1-2H3,(H,18,19). The SMILES string of the molecule is COCC(C)CNC(=O)CCc1c[nH]c2ccccc12. The Labute approximate surface area is 119 Å². The molecule has 1 unspecified atom stereocenters. The predicted octanol–water partition coefficient (Wildman–Crippen LogP) is 2.50. The number of para-hydroxylation sites is 1. The van der Waals surface area contributed by atoms with Crippen LogP contribution in [0.5, 0.6) is 0 Å². The average Bonchev–Trinajstić information content (AvgIpc) is 2.86. The number of aromatic nitrogens is 1. The van der Waals surface area contributed by atoms with E-state index in [1.165, 1.54) is 10.9 Å². The Morgan fingerprint density at radius 1 is 1.40 bits per heavy atom. The Morgan fingerprint density at radius 3 is 3.00 bits per heavy atom. The van der Waals surface area contributed by atoms with E-state index in [2.05, 4.69) is 23.3 Å². The second kappa shape index (κ2) is 7.10. The van der Waals surface area contributed by atoms with Gasteiger partial charge in [0.1, 0.15) is 0 Å². The summed E-state index contributed by atoms with van der Waals surface area (Å²) >= 11 is 0. The summed E-state index contributed by atoms with van der Waals surface area (Å²) in [5.41, 5.74) is 2.32. The first-order valence-electron chi connectivity index (χ1n) is 7.01.